The van der Waals surface area contributed by atoms with Gasteiger partial charge in [0.05, 0.1) is 0 Å². The molecule has 5 heteroatoms. The van der Waals surface area contributed by atoms with E-state index >= 15 is 0 Å². The second-order valence-corrected chi connectivity index (χ2v) is 8.08. The first-order valence-electron chi connectivity index (χ1n) is 8.25. The van der Waals surface area contributed by atoms with E-state index in [2.05, 4.69) is 10.6 Å². The highest BCUT2D eigenvalue weighted by Gasteiger charge is 2.39. The maximum atomic E-state index is 12.4. The number of rotatable bonds is 4. The van der Waals surface area contributed by atoms with Gasteiger partial charge in [0.1, 0.15) is 0 Å². The molecule has 2 N–H and O–H groups in total. The highest BCUT2D eigenvalue weighted by atomic mass is 35.5. The number of fused-ring (bicyclic) bond motifs is 2. The van der Waals surface area contributed by atoms with Gasteiger partial charge in [0.15, 0.2) is 0 Å². The van der Waals surface area contributed by atoms with Gasteiger partial charge in [-0.2, -0.15) is 0 Å². The summed E-state index contributed by atoms with van der Waals surface area (Å²) in [6, 6.07) is 16.5. The molecular weight excluding hydrogens is 340 g/mol. The summed E-state index contributed by atoms with van der Waals surface area (Å²) < 4.78 is 0. The van der Waals surface area contributed by atoms with Crippen LogP contribution in [0.5, 0.6) is 0 Å². The van der Waals surface area contributed by atoms with Crippen molar-refractivity contribution in [2.24, 2.45) is 5.92 Å². The lowest BCUT2D eigenvalue weighted by atomic mass is 10.0. The number of hydrogen-bond donors (Lipinski definition) is 2. The number of carbonyl (C=O) groups excluding carboxylic acids is 1. The van der Waals surface area contributed by atoms with E-state index < -0.39 is 0 Å². The SMILES string of the molecule is O=C(NC1CC2CC1CN2)c1ccc(Sc2cccc(Cl)c2)cc1. The van der Waals surface area contributed by atoms with Crippen LogP contribution in [-0.2, 0) is 0 Å². The van der Waals surface area contributed by atoms with Crippen LogP contribution in [0.3, 0.4) is 0 Å². The number of hydrogen-bond acceptors (Lipinski definition) is 3. The fourth-order valence-electron chi connectivity index (χ4n) is 3.60. The first kappa shape index (κ1) is 16.0. The molecule has 24 heavy (non-hydrogen) atoms. The second-order valence-electron chi connectivity index (χ2n) is 6.50. The molecule has 3 nitrogen and oxygen atoms in total. The third kappa shape index (κ3) is 3.46. The first-order valence-corrected chi connectivity index (χ1v) is 9.44. The van der Waals surface area contributed by atoms with E-state index in [4.69, 9.17) is 11.6 Å². The Kier molecular flexibility index (Phi) is 4.53. The molecule has 1 saturated carbocycles. The normalized spacial score (nSPS) is 25.0. The van der Waals surface area contributed by atoms with Gasteiger partial charge in [-0.25, -0.2) is 0 Å². The Balaban J connectivity index is 1.39. The molecule has 3 atom stereocenters. The molecule has 2 aromatic rings. The third-order valence-electron chi connectivity index (χ3n) is 4.83. The van der Waals surface area contributed by atoms with Gasteiger partial charge in [-0.3, -0.25) is 4.79 Å². The van der Waals surface area contributed by atoms with E-state index in [-0.39, 0.29) is 5.91 Å². The summed E-state index contributed by atoms with van der Waals surface area (Å²) in [6.07, 6.45) is 2.25. The molecule has 3 unspecified atom stereocenters. The van der Waals surface area contributed by atoms with E-state index in [1.165, 1.54) is 6.42 Å². The van der Waals surface area contributed by atoms with Crippen molar-refractivity contribution in [3.8, 4) is 0 Å². The van der Waals surface area contributed by atoms with Crippen LogP contribution in [0.1, 0.15) is 23.2 Å². The number of benzene rings is 2. The standard InChI is InChI=1S/C19H19ClN2OS/c20-14-2-1-3-17(9-14)24-16-6-4-12(5-7-16)19(23)22-18-10-15-8-13(18)11-21-15/h1-7,9,13,15,18,21H,8,10-11H2,(H,22,23). The van der Waals surface area contributed by atoms with Crippen molar-refractivity contribution in [3.05, 3.63) is 59.1 Å². The Morgan fingerprint density at radius 1 is 1.12 bits per heavy atom. The van der Waals surface area contributed by atoms with Crippen LogP contribution in [0, 0.1) is 5.92 Å². The maximum absolute atomic E-state index is 12.4. The summed E-state index contributed by atoms with van der Waals surface area (Å²) in [6.45, 7) is 1.03. The van der Waals surface area contributed by atoms with E-state index in [0.717, 1.165) is 33.3 Å². The van der Waals surface area contributed by atoms with Crippen LogP contribution in [0.15, 0.2) is 58.3 Å². The zero-order chi connectivity index (χ0) is 16.5. The molecule has 0 spiro atoms. The van der Waals surface area contributed by atoms with Crippen LogP contribution in [-0.4, -0.2) is 24.5 Å². The topological polar surface area (TPSA) is 41.1 Å². The smallest absolute Gasteiger partial charge is 0.251 e. The van der Waals surface area contributed by atoms with Crippen molar-refractivity contribution in [1.82, 2.24) is 10.6 Å². The van der Waals surface area contributed by atoms with Gasteiger partial charge in [-0.15, -0.1) is 0 Å². The molecule has 2 bridgehead atoms. The predicted octanol–water partition coefficient (Wildman–Crippen LogP) is 3.97. The molecule has 2 fully saturated rings. The molecule has 0 radical (unpaired) electrons. The Hall–Kier alpha value is -1.49. The van der Waals surface area contributed by atoms with Crippen LogP contribution < -0.4 is 10.6 Å². The quantitative estimate of drug-likeness (QED) is 0.868. The Morgan fingerprint density at radius 2 is 1.96 bits per heavy atom. The summed E-state index contributed by atoms with van der Waals surface area (Å²) in [4.78, 5) is 14.6. The van der Waals surface area contributed by atoms with Gasteiger partial charge in [0.25, 0.3) is 5.91 Å². The molecule has 1 heterocycles. The van der Waals surface area contributed by atoms with Gasteiger partial charge in [0.2, 0.25) is 0 Å². The molecule has 2 aliphatic rings. The highest BCUT2D eigenvalue weighted by Crippen LogP contribution is 2.32. The van der Waals surface area contributed by atoms with E-state index in [1.54, 1.807) is 11.8 Å². The molecule has 2 aromatic carbocycles. The number of carbonyl (C=O) groups is 1. The summed E-state index contributed by atoms with van der Waals surface area (Å²) in [7, 11) is 0. The second kappa shape index (κ2) is 6.79. The van der Waals surface area contributed by atoms with Crippen LogP contribution in [0.25, 0.3) is 0 Å². The Morgan fingerprint density at radius 3 is 2.62 bits per heavy atom. The highest BCUT2D eigenvalue weighted by molar-refractivity contribution is 7.99. The van der Waals surface area contributed by atoms with E-state index in [9.17, 15) is 4.79 Å². The zero-order valence-electron chi connectivity index (χ0n) is 13.2. The number of amides is 1. The van der Waals surface area contributed by atoms with E-state index in [1.807, 2.05) is 48.5 Å². The minimum atomic E-state index is 0.0341. The van der Waals surface area contributed by atoms with Crippen LogP contribution in [0.2, 0.25) is 5.02 Å². The first-order chi connectivity index (χ1) is 11.7. The molecular formula is C19H19ClN2OS. The van der Waals surface area contributed by atoms with Crippen molar-refractivity contribution < 1.29 is 4.79 Å². The minimum absolute atomic E-state index is 0.0341. The summed E-state index contributed by atoms with van der Waals surface area (Å²) >= 11 is 7.66. The van der Waals surface area contributed by atoms with Crippen LogP contribution in [0.4, 0.5) is 0 Å². The van der Waals surface area contributed by atoms with Crippen molar-refractivity contribution >= 4 is 29.3 Å². The average Bonchev–Trinajstić information content (AvgIpc) is 3.18. The summed E-state index contributed by atoms with van der Waals surface area (Å²) in [5, 5.41) is 7.40. The molecule has 124 valence electrons. The molecule has 1 aliphatic carbocycles. The van der Waals surface area contributed by atoms with Gasteiger partial charge < -0.3 is 10.6 Å². The fraction of sp³-hybridized carbons (Fsp3) is 0.316. The summed E-state index contributed by atoms with van der Waals surface area (Å²) in [5.41, 5.74) is 0.723. The van der Waals surface area contributed by atoms with Crippen molar-refractivity contribution in [1.29, 1.82) is 0 Å². The van der Waals surface area contributed by atoms with Crippen molar-refractivity contribution in [2.45, 2.75) is 34.7 Å². The monoisotopic (exact) mass is 358 g/mol. The number of nitrogens with one attached hydrogen (secondary N) is 2. The lowest BCUT2D eigenvalue weighted by Gasteiger charge is -2.23. The maximum Gasteiger partial charge on any atom is 0.251 e. The lowest BCUT2D eigenvalue weighted by Crippen LogP contribution is -2.44. The van der Waals surface area contributed by atoms with Gasteiger partial charge in [0, 0.05) is 39.0 Å². The summed E-state index contributed by atoms with van der Waals surface area (Å²) in [5.74, 6) is 0.628. The molecule has 1 saturated heterocycles. The Labute approximate surface area is 151 Å². The Bertz CT molecular complexity index is 749. The molecule has 0 aromatic heterocycles. The average molecular weight is 359 g/mol. The van der Waals surface area contributed by atoms with Gasteiger partial charge in [-0.05, 0) is 61.2 Å². The van der Waals surface area contributed by atoms with Crippen molar-refractivity contribution in [2.75, 3.05) is 6.54 Å². The minimum Gasteiger partial charge on any atom is -0.349 e. The van der Waals surface area contributed by atoms with Gasteiger partial charge >= 0.3 is 0 Å². The number of halogens is 1. The molecule has 4 rings (SSSR count). The zero-order valence-corrected chi connectivity index (χ0v) is 14.7. The number of piperidine rings is 1. The van der Waals surface area contributed by atoms with Crippen molar-refractivity contribution in [3.63, 3.8) is 0 Å². The van der Waals surface area contributed by atoms with Crippen LogP contribution >= 0.6 is 23.4 Å². The van der Waals surface area contributed by atoms with E-state index in [0.29, 0.717) is 18.0 Å². The predicted molar refractivity (Wildman–Crippen MR) is 97.8 cm³/mol. The van der Waals surface area contributed by atoms with Gasteiger partial charge in [-0.1, -0.05) is 29.4 Å². The lowest BCUT2D eigenvalue weighted by molar-refractivity contribution is 0.0925. The fourth-order valence-corrected chi connectivity index (χ4v) is 4.74. The molecule has 1 amide bonds. The molecule has 1 aliphatic heterocycles. The largest absolute Gasteiger partial charge is 0.349 e. The third-order valence-corrected chi connectivity index (χ3v) is 6.06.